The van der Waals surface area contributed by atoms with Crippen molar-refractivity contribution in [3.05, 3.63) is 29.8 Å². The molecule has 0 bridgehead atoms. The highest BCUT2D eigenvalue weighted by Crippen LogP contribution is 2.31. The molecule has 2 N–H and O–H groups in total. The van der Waals surface area contributed by atoms with E-state index in [-0.39, 0.29) is 4.90 Å². The van der Waals surface area contributed by atoms with E-state index in [0.717, 1.165) is 0 Å². The van der Waals surface area contributed by atoms with Gasteiger partial charge in [-0.05, 0) is 17.7 Å². The van der Waals surface area contributed by atoms with E-state index in [4.69, 9.17) is 5.14 Å². The van der Waals surface area contributed by atoms with Crippen LogP contribution in [0, 0.1) is 0 Å². The maximum absolute atomic E-state index is 11.0. The Morgan fingerprint density at radius 1 is 1.24 bits per heavy atom. The van der Waals surface area contributed by atoms with Crippen LogP contribution in [0.25, 0.3) is 0 Å². The van der Waals surface area contributed by atoms with Gasteiger partial charge in [-0.15, -0.1) is 0 Å². The largest absolute Gasteiger partial charge is 0.549 e. The van der Waals surface area contributed by atoms with Crippen molar-refractivity contribution in [2.75, 3.05) is 0 Å². The lowest BCUT2D eigenvalue weighted by atomic mass is 10.1. The summed E-state index contributed by atoms with van der Waals surface area (Å²) >= 11 is 6.13. The minimum Gasteiger partial charge on any atom is -0.549 e. The first kappa shape index (κ1) is 14.6. The van der Waals surface area contributed by atoms with Crippen LogP contribution < -0.4 is 10.2 Å². The number of rotatable bonds is 4. The number of primary sulfonamides is 1. The predicted molar refractivity (Wildman–Crippen MR) is 67.2 cm³/mol. The van der Waals surface area contributed by atoms with Crippen molar-refractivity contribution in [1.82, 2.24) is 0 Å². The summed E-state index contributed by atoms with van der Waals surface area (Å²) in [7, 11) is -3.74. The SMILES string of the molecule is NS(=O)(=O)c1ccc([C@@H](Br)[C@H](Br)C(=O)[O-])cc1. The number of carboxylic acid groups (broad SMARTS) is 1. The first-order chi connectivity index (χ1) is 7.73. The lowest BCUT2D eigenvalue weighted by molar-refractivity contribution is -0.304. The Balaban J connectivity index is 2.99. The van der Waals surface area contributed by atoms with E-state index in [2.05, 4.69) is 31.9 Å². The molecule has 0 aromatic heterocycles. The molecule has 0 radical (unpaired) electrons. The molecule has 1 aromatic carbocycles. The highest BCUT2D eigenvalue weighted by molar-refractivity contribution is 9.12. The Morgan fingerprint density at radius 3 is 2.06 bits per heavy atom. The quantitative estimate of drug-likeness (QED) is 0.752. The van der Waals surface area contributed by atoms with Gasteiger partial charge in [-0.1, -0.05) is 44.0 Å². The summed E-state index contributed by atoms with van der Waals surface area (Å²) < 4.78 is 22.0. The van der Waals surface area contributed by atoms with Crippen molar-refractivity contribution in [2.45, 2.75) is 14.5 Å². The van der Waals surface area contributed by atoms with Crippen molar-refractivity contribution in [1.29, 1.82) is 0 Å². The van der Waals surface area contributed by atoms with Crippen LogP contribution in [0.5, 0.6) is 0 Å². The number of carbonyl (C=O) groups is 1. The van der Waals surface area contributed by atoms with Crippen LogP contribution in [-0.4, -0.2) is 19.2 Å². The van der Waals surface area contributed by atoms with E-state index in [9.17, 15) is 18.3 Å². The zero-order valence-corrected chi connectivity index (χ0v) is 12.3. The summed E-state index contributed by atoms with van der Waals surface area (Å²) in [6.07, 6.45) is 0. The minimum atomic E-state index is -3.74. The Hall–Kier alpha value is -0.440. The molecule has 0 fully saturated rings. The molecule has 2 atom stereocenters. The number of carboxylic acids is 1. The van der Waals surface area contributed by atoms with E-state index < -0.39 is 25.6 Å². The van der Waals surface area contributed by atoms with Crippen LogP contribution >= 0.6 is 31.9 Å². The van der Waals surface area contributed by atoms with Crippen LogP contribution in [0.3, 0.4) is 0 Å². The number of benzene rings is 1. The zero-order chi connectivity index (χ0) is 13.2. The number of aliphatic carboxylic acids is 1. The highest BCUT2D eigenvalue weighted by Gasteiger charge is 2.19. The number of hydrogen-bond acceptors (Lipinski definition) is 4. The average Bonchev–Trinajstić information content (AvgIpc) is 2.26. The Labute approximate surface area is 115 Å². The lowest BCUT2D eigenvalue weighted by Gasteiger charge is -2.18. The third-order valence-corrected chi connectivity index (χ3v) is 5.61. The van der Waals surface area contributed by atoms with Crippen LogP contribution in [0.2, 0.25) is 0 Å². The molecular formula is C9H8Br2NO4S-. The Morgan fingerprint density at radius 2 is 1.71 bits per heavy atom. The third-order valence-electron chi connectivity index (χ3n) is 2.01. The smallest absolute Gasteiger partial charge is 0.238 e. The van der Waals surface area contributed by atoms with Gasteiger partial charge in [-0.25, -0.2) is 13.6 Å². The van der Waals surface area contributed by atoms with Gasteiger partial charge < -0.3 is 9.90 Å². The molecule has 0 aliphatic rings. The summed E-state index contributed by atoms with van der Waals surface area (Å²) in [5.41, 5.74) is 0.600. The molecule has 0 spiro atoms. The second-order valence-electron chi connectivity index (χ2n) is 3.24. The van der Waals surface area contributed by atoms with Crippen molar-refractivity contribution in [3.8, 4) is 0 Å². The molecule has 0 heterocycles. The minimum absolute atomic E-state index is 0.0273. The van der Waals surface area contributed by atoms with E-state index in [0.29, 0.717) is 5.56 Å². The third kappa shape index (κ3) is 3.77. The monoisotopic (exact) mass is 384 g/mol. The molecule has 0 amide bonds. The van der Waals surface area contributed by atoms with Gasteiger partial charge in [-0.2, -0.15) is 0 Å². The van der Waals surface area contributed by atoms with Gasteiger partial charge in [0, 0.05) is 0 Å². The summed E-state index contributed by atoms with van der Waals surface area (Å²) in [6.45, 7) is 0. The predicted octanol–water partition coefficient (Wildman–Crippen LogP) is 0.283. The van der Waals surface area contributed by atoms with E-state index in [1.807, 2.05) is 0 Å². The molecule has 17 heavy (non-hydrogen) atoms. The van der Waals surface area contributed by atoms with Crippen molar-refractivity contribution in [3.63, 3.8) is 0 Å². The molecule has 5 nitrogen and oxygen atoms in total. The van der Waals surface area contributed by atoms with Gasteiger partial charge >= 0.3 is 0 Å². The number of sulfonamides is 1. The number of hydrogen-bond donors (Lipinski definition) is 1. The molecule has 0 unspecified atom stereocenters. The van der Waals surface area contributed by atoms with E-state index >= 15 is 0 Å². The van der Waals surface area contributed by atoms with Gasteiger partial charge in [0.1, 0.15) is 0 Å². The molecule has 0 aliphatic heterocycles. The van der Waals surface area contributed by atoms with Crippen molar-refractivity contribution in [2.24, 2.45) is 5.14 Å². The topological polar surface area (TPSA) is 100 Å². The standard InChI is InChI=1S/C9H9Br2NO4S/c10-7(8(11)9(13)14)5-1-3-6(4-2-5)17(12,15)16/h1-4,7-8H,(H,13,14)(H2,12,15,16)/p-1/t7-,8+/m1/s1. The molecule has 0 saturated heterocycles. The second-order valence-corrected chi connectivity index (χ2v) is 6.77. The fourth-order valence-corrected chi connectivity index (χ4v) is 2.47. The molecule has 0 saturated carbocycles. The van der Waals surface area contributed by atoms with Gasteiger partial charge in [0.25, 0.3) is 0 Å². The summed E-state index contributed by atoms with van der Waals surface area (Å²) in [6, 6.07) is 5.59. The molecule has 1 aromatic rings. The van der Waals surface area contributed by atoms with Crippen molar-refractivity contribution >= 4 is 47.9 Å². The highest BCUT2D eigenvalue weighted by atomic mass is 79.9. The van der Waals surface area contributed by atoms with Crippen LogP contribution in [0.15, 0.2) is 29.2 Å². The van der Waals surface area contributed by atoms with Gasteiger partial charge in [0.15, 0.2) is 0 Å². The fraction of sp³-hybridized carbons (Fsp3) is 0.222. The van der Waals surface area contributed by atoms with Gasteiger partial charge in [0.05, 0.1) is 20.5 Å². The van der Waals surface area contributed by atoms with Crippen LogP contribution in [0.1, 0.15) is 10.4 Å². The lowest BCUT2D eigenvalue weighted by Crippen LogP contribution is -2.34. The van der Waals surface area contributed by atoms with Gasteiger partial charge in [0.2, 0.25) is 10.0 Å². The molecular weight excluding hydrogens is 378 g/mol. The number of halogens is 2. The molecule has 0 aliphatic carbocycles. The number of alkyl halides is 2. The maximum atomic E-state index is 11.0. The fourth-order valence-electron chi connectivity index (χ4n) is 1.13. The Bertz CT molecular complexity index is 514. The van der Waals surface area contributed by atoms with E-state index in [1.165, 1.54) is 24.3 Å². The summed E-state index contributed by atoms with van der Waals surface area (Å²) in [5, 5.41) is 15.6. The van der Waals surface area contributed by atoms with Gasteiger partial charge in [-0.3, -0.25) is 0 Å². The van der Waals surface area contributed by atoms with Crippen molar-refractivity contribution < 1.29 is 18.3 Å². The average molecular weight is 386 g/mol. The Kier molecular flexibility index (Phi) is 4.70. The molecule has 8 heteroatoms. The number of nitrogens with two attached hydrogens (primary N) is 1. The molecule has 1 rings (SSSR count). The van der Waals surface area contributed by atoms with Crippen LogP contribution in [0.4, 0.5) is 0 Å². The summed E-state index contributed by atoms with van der Waals surface area (Å²) in [4.78, 5) is 9.17. The number of carbonyl (C=O) groups excluding carboxylic acids is 1. The summed E-state index contributed by atoms with van der Waals surface area (Å²) in [5.74, 6) is -1.26. The maximum Gasteiger partial charge on any atom is 0.238 e. The zero-order valence-electron chi connectivity index (χ0n) is 8.34. The first-order valence-electron chi connectivity index (χ1n) is 4.35. The van der Waals surface area contributed by atoms with Crippen LogP contribution in [-0.2, 0) is 14.8 Å². The normalized spacial score (nSPS) is 15.2. The second kappa shape index (κ2) is 5.47. The van der Waals surface area contributed by atoms with E-state index in [1.54, 1.807) is 0 Å². The first-order valence-corrected chi connectivity index (χ1v) is 7.73. The molecule has 94 valence electrons.